The number of hydrogen-bond acceptors (Lipinski definition) is 7. The highest BCUT2D eigenvalue weighted by atomic mass is 32.1. The van der Waals surface area contributed by atoms with E-state index in [4.69, 9.17) is 10.5 Å². The van der Waals surface area contributed by atoms with E-state index < -0.39 is 5.97 Å². The van der Waals surface area contributed by atoms with Gasteiger partial charge in [-0.2, -0.15) is 4.37 Å². The quantitative estimate of drug-likeness (QED) is 0.800. The molecule has 0 bridgehead atoms. The fourth-order valence-electron chi connectivity index (χ4n) is 2.76. The highest BCUT2D eigenvalue weighted by Gasteiger charge is 2.34. The smallest absolute Gasteiger partial charge is 0.344 e. The molecule has 3 rings (SSSR count). The topological polar surface area (TPSA) is 80.5 Å². The van der Waals surface area contributed by atoms with E-state index in [1.54, 1.807) is 0 Å². The second kappa shape index (κ2) is 5.57. The molecule has 1 aliphatic heterocycles. The third-order valence-electron chi connectivity index (χ3n) is 4.04. The summed E-state index contributed by atoms with van der Waals surface area (Å²) >= 11 is 1.22. The molecule has 1 aromatic heterocycles. The number of aromatic nitrogens is 1. The molecule has 1 aliphatic carbocycles. The van der Waals surface area contributed by atoms with Gasteiger partial charge in [0.25, 0.3) is 0 Å². The van der Waals surface area contributed by atoms with Crippen molar-refractivity contribution >= 4 is 28.3 Å². The average molecular weight is 296 g/mol. The second-order valence-corrected chi connectivity index (χ2v) is 6.30. The molecule has 1 atom stereocenters. The van der Waals surface area contributed by atoms with Crippen LogP contribution in [0.25, 0.3) is 0 Å². The van der Waals surface area contributed by atoms with Gasteiger partial charge in [0.15, 0.2) is 5.82 Å². The molecule has 2 heterocycles. The number of carbonyl (C=O) groups is 1. The van der Waals surface area contributed by atoms with Crippen LogP contribution in [0, 0.1) is 5.92 Å². The van der Waals surface area contributed by atoms with Crippen LogP contribution in [0.2, 0.25) is 0 Å². The molecular formula is C13H20N4O2S. The normalized spacial score (nSPS) is 22.9. The number of nitrogens with one attached hydrogen (secondary N) is 1. The number of anilines is 2. The first-order valence-corrected chi connectivity index (χ1v) is 7.77. The molecule has 0 aromatic carbocycles. The first-order valence-electron chi connectivity index (χ1n) is 7.00. The summed E-state index contributed by atoms with van der Waals surface area (Å²) in [4.78, 5) is 14.3. The highest BCUT2D eigenvalue weighted by Crippen LogP contribution is 2.32. The lowest BCUT2D eigenvalue weighted by molar-refractivity contribution is 0.0603. The number of hydrogen-bond donors (Lipinski definition) is 2. The zero-order chi connectivity index (χ0) is 14.1. The van der Waals surface area contributed by atoms with Crippen molar-refractivity contribution in [3.05, 3.63) is 5.56 Å². The van der Waals surface area contributed by atoms with E-state index in [0.717, 1.165) is 24.1 Å². The first kappa shape index (κ1) is 13.6. The summed E-state index contributed by atoms with van der Waals surface area (Å²) in [5, 5.41) is 4.04. The summed E-state index contributed by atoms with van der Waals surface area (Å²) in [6.07, 6.45) is 3.93. The summed E-state index contributed by atoms with van der Waals surface area (Å²) in [7, 11) is 1.35. The summed E-state index contributed by atoms with van der Waals surface area (Å²) in [5.74, 6) is 0.449. The maximum atomic E-state index is 11.7. The van der Waals surface area contributed by atoms with E-state index in [0.29, 0.717) is 11.5 Å². The molecule has 110 valence electrons. The van der Waals surface area contributed by atoms with Gasteiger partial charge in [0.05, 0.1) is 7.11 Å². The van der Waals surface area contributed by atoms with E-state index in [2.05, 4.69) is 14.6 Å². The number of ether oxygens (including phenoxy) is 1. The molecule has 1 saturated heterocycles. The average Bonchev–Trinajstić information content (AvgIpc) is 3.08. The maximum Gasteiger partial charge on any atom is 0.344 e. The van der Waals surface area contributed by atoms with E-state index in [1.165, 1.54) is 44.4 Å². The minimum absolute atomic E-state index is 0.246. The predicted octanol–water partition coefficient (Wildman–Crippen LogP) is 1.41. The number of rotatable bonds is 5. The van der Waals surface area contributed by atoms with Crippen molar-refractivity contribution in [2.24, 2.45) is 5.92 Å². The molecule has 0 radical (unpaired) electrons. The Morgan fingerprint density at radius 2 is 2.35 bits per heavy atom. The molecule has 20 heavy (non-hydrogen) atoms. The Labute approximate surface area is 122 Å². The molecule has 1 saturated carbocycles. The number of nitrogens with two attached hydrogens (primary N) is 1. The van der Waals surface area contributed by atoms with Crippen molar-refractivity contribution in [3.8, 4) is 0 Å². The molecule has 0 spiro atoms. The molecule has 7 heteroatoms. The van der Waals surface area contributed by atoms with E-state index in [1.807, 2.05) is 0 Å². The lowest BCUT2D eigenvalue weighted by Crippen LogP contribution is -2.25. The standard InChI is InChI=1S/C13H20N4O2S/c1-19-13(18)10-11(14)16-20-12(10)15-6-8-4-5-17(7-8)9-2-3-9/h8-9,15H,2-7H2,1H3,(H2,14,16). The zero-order valence-electron chi connectivity index (χ0n) is 11.6. The van der Waals surface area contributed by atoms with Gasteiger partial charge in [-0.15, -0.1) is 0 Å². The van der Waals surface area contributed by atoms with Crippen LogP contribution in [0.4, 0.5) is 10.8 Å². The number of esters is 1. The van der Waals surface area contributed by atoms with Crippen molar-refractivity contribution in [1.29, 1.82) is 0 Å². The zero-order valence-corrected chi connectivity index (χ0v) is 12.4. The van der Waals surface area contributed by atoms with Gasteiger partial charge < -0.3 is 20.7 Å². The van der Waals surface area contributed by atoms with Gasteiger partial charge in [0, 0.05) is 19.1 Å². The van der Waals surface area contributed by atoms with Crippen molar-refractivity contribution in [1.82, 2.24) is 9.27 Å². The van der Waals surface area contributed by atoms with Crippen molar-refractivity contribution in [2.75, 3.05) is 37.8 Å². The van der Waals surface area contributed by atoms with Gasteiger partial charge in [-0.1, -0.05) is 0 Å². The third-order valence-corrected chi connectivity index (χ3v) is 4.86. The maximum absolute atomic E-state index is 11.7. The molecular weight excluding hydrogens is 276 g/mol. The van der Waals surface area contributed by atoms with Gasteiger partial charge >= 0.3 is 5.97 Å². The van der Waals surface area contributed by atoms with Crippen LogP contribution in [-0.4, -0.2) is 48.0 Å². The van der Waals surface area contributed by atoms with Crippen LogP contribution in [0.1, 0.15) is 29.6 Å². The monoisotopic (exact) mass is 296 g/mol. The summed E-state index contributed by atoms with van der Waals surface area (Å²) < 4.78 is 8.77. The molecule has 2 fully saturated rings. The van der Waals surface area contributed by atoms with Gasteiger partial charge in [0.1, 0.15) is 10.6 Å². The Kier molecular flexibility index (Phi) is 3.80. The van der Waals surface area contributed by atoms with Gasteiger partial charge in [0.2, 0.25) is 0 Å². The number of carbonyl (C=O) groups excluding carboxylic acids is 1. The third kappa shape index (κ3) is 2.73. The second-order valence-electron chi connectivity index (χ2n) is 5.53. The van der Waals surface area contributed by atoms with Crippen LogP contribution < -0.4 is 11.1 Å². The van der Waals surface area contributed by atoms with E-state index >= 15 is 0 Å². The number of nitrogens with zero attached hydrogens (tertiary/aromatic N) is 2. The Morgan fingerprint density at radius 3 is 3.05 bits per heavy atom. The lowest BCUT2D eigenvalue weighted by atomic mass is 10.1. The number of methoxy groups -OCH3 is 1. The molecule has 0 amide bonds. The van der Waals surface area contributed by atoms with Crippen molar-refractivity contribution in [2.45, 2.75) is 25.3 Å². The number of likely N-dealkylation sites (tertiary alicyclic amines) is 1. The minimum atomic E-state index is -0.426. The Balaban J connectivity index is 1.57. The first-order chi connectivity index (χ1) is 9.69. The van der Waals surface area contributed by atoms with Crippen molar-refractivity contribution < 1.29 is 9.53 Å². The number of nitrogen functional groups attached to an aromatic ring is 1. The molecule has 6 nitrogen and oxygen atoms in total. The summed E-state index contributed by atoms with van der Waals surface area (Å²) in [6.45, 7) is 3.21. The largest absolute Gasteiger partial charge is 0.465 e. The lowest BCUT2D eigenvalue weighted by Gasteiger charge is -2.15. The molecule has 3 N–H and O–H groups in total. The fourth-order valence-corrected chi connectivity index (χ4v) is 3.47. The molecule has 1 aromatic rings. The predicted molar refractivity (Wildman–Crippen MR) is 79.1 cm³/mol. The van der Waals surface area contributed by atoms with E-state index in [-0.39, 0.29) is 5.82 Å². The van der Waals surface area contributed by atoms with Crippen LogP contribution in [-0.2, 0) is 4.74 Å². The van der Waals surface area contributed by atoms with E-state index in [9.17, 15) is 4.79 Å². The summed E-state index contributed by atoms with van der Waals surface area (Å²) in [5.41, 5.74) is 6.09. The molecule has 1 unspecified atom stereocenters. The Morgan fingerprint density at radius 1 is 1.55 bits per heavy atom. The SMILES string of the molecule is COC(=O)c1c(N)nsc1NCC1CCN(C2CC2)C1. The van der Waals surface area contributed by atoms with Gasteiger partial charge in [-0.25, -0.2) is 4.79 Å². The van der Waals surface area contributed by atoms with Crippen molar-refractivity contribution in [3.63, 3.8) is 0 Å². The van der Waals surface area contributed by atoms with Crippen LogP contribution in [0.5, 0.6) is 0 Å². The van der Waals surface area contributed by atoms with Crippen LogP contribution >= 0.6 is 11.5 Å². The Bertz CT molecular complexity index is 501. The minimum Gasteiger partial charge on any atom is -0.465 e. The fraction of sp³-hybridized carbons (Fsp3) is 0.692. The summed E-state index contributed by atoms with van der Waals surface area (Å²) in [6, 6.07) is 0.838. The Hall–Kier alpha value is -1.34. The van der Waals surface area contributed by atoms with Crippen LogP contribution in [0.3, 0.4) is 0 Å². The van der Waals surface area contributed by atoms with Crippen LogP contribution in [0.15, 0.2) is 0 Å². The van der Waals surface area contributed by atoms with Gasteiger partial charge in [-0.3, -0.25) is 0 Å². The van der Waals surface area contributed by atoms with Gasteiger partial charge in [-0.05, 0) is 43.3 Å². The highest BCUT2D eigenvalue weighted by molar-refractivity contribution is 7.11. The molecule has 2 aliphatic rings.